The van der Waals surface area contributed by atoms with Crippen molar-refractivity contribution in [3.8, 4) is 0 Å². The van der Waals surface area contributed by atoms with Gasteiger partial charge in [0.15, 0.2) is 0 Å². The van der Waals surface area contributed by atoms with Gasteiger partial charge in [-0.05, 0) is 12.5 Å². The Morgan fingerprint density at radius 3 is 1.57 bits per heavy atom. The van der Waals surface area contributed by atoms with Crippen molar-refractivity contribution < 1.29 is 9.53 Å². The molecule has 0 radical (unpaired) electrons. The lowest BCUT2D eigenvalue weighted by atomic mass is 10.1. The van der Waals surface area contributed by atoms with Crippen LogP contribution in [0.5, 0.6) is 0 Å². The van der Waals surface area contributed by atoms with Crippen molar-refractivity contribution >= 4 is 55.8 Å². The van der Waals surface area contributed by atoms with Gasteiger partial charge < -0.3 is 4.74 Å². The molecule has 0 heterocycles. The molecule has 0 fully saturated rings. The molecule has 6 heteroatoms. The Morgan fingerprint density at radius 1 is 0.783 bits per heavy atom. The zero-order valence-electron chi connectivity index (χ0n) is 14.1. The van der Waals surface area contributed by atoms with E-state index in [9.17, 15) is 4.79 Å². The summed E-state index contributed by atoms with van der Waals surface area (Å²) in [7, 11) is 0. The normalized spacial score (nSPS) is 11.4. The third kappa shape index (κ3) is 20.8. The topological polar surface area (TPSA) is 26.3 Å². The molecule has 2 nitrogen and oxygen atoms in total. The summed E-state index contributed by atoms with van der Waals surface area (Å²) >= 11 is 11.0. The zero-order chi connectivity index (χ0) is 17.4. The largest absolute Gasteiger partial charge is 0.463 e. The van der Waals surface area contributed by atoms with E-state index in [1.165, 1.54) is 76.3 Å². The molecule has 0 saturated carbocycles. The van der Waals surface area contributed by atoms with E-state index in [0.29, 0.717) is 6.61 Å². The van der Waals surface area contributed by atoms with Gasteiger partial charge in [-0.3, -0.25) is 0 Å². The maximum atomic E-state index is 10.8. The Hall–Kier alpha value is 0.867. The van der Waals surface area contributed by atoms with E-state index < -0.39 is 3.93 Å². The zero-order valence-corrected chi connectivity index (χ0v) is 19.9. The minimum absolute atomic E-state index is 0.307. The first-order valence-corrected chi connectivity index (χ1v) is 17.8. The SMILES string of the molecule is C=CC(=O)OCCCCCCCCCCCCCC[Si](Br)(Br)Br. The predicted octanol–water partition coefficient (Wildman–Crippen LogP) is 7.52. The number of halogens is 3. The van der Waals surface area contributed by atoms with Crippen LogP contribution in [0.4, 0.5) is 0 Å². The van der Waals surface area contributed by atoms with Crippen LogP contribution in [0, 0.1) is 0 Å². The molecule has 0 bridgehead atoms. The summed E-state index contributed by atoms with van der Waals surface area (Å²) in [4.78, 5) is 10.8. The third-order valence-corrected chi connectivity index (χ3v) is 8.25. The summed E-state index contributed by atoms with van der Waals surface area (Å²) in [6.45, 7) is 3.91. The number of ether oxygens (including phenoxy) is 1. The highest BCUT2D eigenvalue weighted by atomic mass is 80.0. The molecule has 23 heavy (non-hydrogen) atoms. The monoisotopic (exact) mass is 532 g/mol. The van der Waals surface area contributed by atoms with E-state index in [0.717, 1.165) is 12.8 Å². The van der Waals surface area contributed by atoms with Gasteiger partial charge in [0.25, 0.3) is 3.93 Å². The molecule has 0 unspecified atom stereocenters. The first-order valence-electron chi connectivity index (χ1n) is 8.81. The fraction of sp³-hybridized carbons (Fsp3) is 0.824. The number of hydrogen-bond acceptors (Lipinski definition) is 2. The molecule has 0 aromatic rings. The molecular weight excluding hydrogens is 504 g/mol. The molecule has 0 atom stereocenters. The summed E-state index contributed by atoms with van der Waals surface area (Å²) in [5.74, 6) is -0.307. The highest BCUT2D eigenvalue weighted by Gasteiger charge is 2.20. The smallest absolute Gasteiger partial charge is 0.330 e. The lowest BCUT2D eigenvalue weighted by molar-refractivity contribution is -0.137. The van der Waals surface area contributed by atoms with Crippen molar-refractivity contribution in [2.45, 2.75) is 83.1 Å². The second-order valence-corrected chi connectivity index (χ2v) is 29.5. The van der Waals surface area contributed by atoms with Crippen molar-refractivity contribution in [2.75, 3.05) is 6.61 Å². The van der Waals surface area contributed by atoms with Crippen LogP contribution in [-0.4, -0.2) is 16.5 Å². The molecular formula is C17H31Br3O2Si. The third-order valence-electron chi connectivity index (χ3n) is 3.77. The molecule has 0 rings (SSSR count). The maximum absolute atomic E-state index is 10.8. The number of esters is 1. The number of carbonyl (C=O) groups excluding carboxylic acids is 1. The molecule has 136 valence electrons. The maximum Gasteiger partial charge on any atom is 0.330 e. The van der Waals surface area contributed by atoms with Crippen molar-refractivity contribution in [1.82, 2.24) is 0 Å². The molecule has 0 aliphatic carbocycles. The minimum Gasteiger partial charge on any atom is -0.463 e. The van der Waals surface area contributed by atoms with Gasteiger partial charge in [0.1, 0.15) is 0 Å². The molecule has 0 aliphatic rings. The molecule has 0 aliphatic heterocycles. The van der Waals surface area contributed by atoms with Crippen LogP contribution in [0.25, 0.3) is 0 Å². The van der Waals surface area contributed by atoms with E-state index in [2.05, 4.69) is 52.5 Å². The average molecular weight is 535 g/mol. The molecule has 0 N–H and O–H groups in total. The number of carbonyl (C=O) groups is 1. The van der Waals surface area contributed by atoms with Gasteiger partial charge in [0, 0.05) is 6.08 Å². The van der Waals surface area contributed by atoms with E-state index >= 15 is 0 Å². The highest BCUT2D eigenvalue weighted by Crippen LogP contribution is 2.33. The Kier molecular flexibility index (Phi) is 17.0. The average Bonchev–Trinajstić information content (AvgIpc) is 2.49. The van der Waals surface area contributed by atoms with E-state index in [-0.39, 0.29) is 5.97 Å². The summed E-state index contributed by atoms with van der Waals surface area (Å²) in [6, 6.07) is 1.25. The standard InChI is InChI=1S/C17H31Br3O2Si/c1-2-17(21)22-15-13-11-9-7-5-3-4-6-8-10-12-14-16-23(18,19)20/h2H,1,3-16H2. The number of rotatable bonds is 16. The van der Waals surface area contributed by atoms with Crippen molar-refractivity contribution in [3.05, 3.63) is 12.7 Å². The molecule has 0 saturated heterocycles. The van der Waals surface area contributed by atoms with Crippen molar-refractivity contribution in [3.63, 3.8) is 0 Å². The van der Waals surface area contributed by atoms with Crippen LogP contribution < -0.4 is 0 Å². The minimum atomic E-state index is -1.36. The lowest BCUT2D eigenvalue weighted by Gasteiger charge is -2.08. The molecule has 0 aromatic carbocycles. The number of unbranched alkanes of at least 4 members (excludes halogenated alkanes) is 11. The second-order valence-electron chi connectivity index (χ2n) is 5.98. The van der Waals surface area contributed by atoms with Gasteiger partial charge in [-0.2, -0.15) is 0 Å². The molecule has 0 aromatic heterocycles. The van der Waals surface area contributed by atoms with E-state index in [4.69, 9.17) is 4.74 Å². The fourth-order valence-electron chi connectivity index (χ4n) is 2.43. The van der Waals surface area contributed by atoms with Crippen LogP contribution in [0.2, 0.25) is 6.04 Å². The van der Waals surface area contributed by atoms with Crippen LogP contribution >= 0.6 is 45.9 Å². The molecule has 0 spiro atoms. The first-order chi connectivity index (χ1) is 11.0. The van der Waals surface area contributed by atoms with Gasteiger partial charge in [-0.1, -0.05) is 123 Å². The highest BCUT2D eigenvalue weighted by molar-refractivity contribution is 9.72. The fourth-order valence-corrected chi connectivity index (χ4v) is 5.60. The van der Waals surface area contributed by atoms with Gasteiger partial charge in [-0.25, -0.2) is 4.79 Å². The van der Waals surface area contributed by atoms with Crippen molar-refractivity contribution in [2.24, 2.45) is 0 Å². The number of hydrogen-bond donors (Lipinski definition) is 0. The van der Waals surface area contributed by atoms with Gasteiger partial charge in [-0.15, -0.1) is 0 Å². The Bertz CT molecular complexity index is 307. The first kappa shape index (κ1) is 23.9. The summed E-state index contributed by atoms with van der Waals surface area (Å²) in [5.41, 5.74) is 0. The second kappa shape index (κ2) is 16.3. The summed E-state index contributed by atoms with van der Waals surface area (Å²) < 4.78 is 3.59. The Morgan fingerprint density at radius 2 is 1.17 bits per heavy atom. The lowest BCUT2D eigenvalue weighted by Crippen LogP contribution is -2.04. The predicted molar refractivity (Wildman–Crippen MR) is 114 cm³/mol. The van der Waals surface area contributed by atoms with Crippen LogP contribution in [0.1, 0.15) is 77.0 Å². The Balaban J connectivity index is 3.08. The summed E-state index contributed by atoms with van der Waals surface area (Å²) in [5, 5.41) is 0. The van der Waals surface area contributed by atoms with Crippen LogP contribution in [0.15, 0.2) is 12.7 Å². The summed E-state index contributed by atoms with van der Waals surface area (Å²) in [6.07, 6.45) is 16.8. The molecule has 0 amide bonds. The van der Waals surface area contributed by atoms with Crippen molar-refractivity contribution in [1.29, 1.82) is 0 Å². The van der Waals surface area contributed by atoms with E-state index in [1.807, 2.05) is 0 Å². The van der Waals surface area contributed by atoms with Crippen LogP contribution in [0.3, 0.4) is 0 Å². The Labute approximate surface area is 166 Å². The van der Waals surface area contributed by atoms with E-state index in [1.54, 1.807) is 0 Å². The quantitative estimate of drug-likeness (QED) is 0.0672. The van der Waals surface area contributed by atoms with Gasteiger partial charge in [0.05, 0.1) is 6.61 Å². The van der Waals surface area contributed by atoms with Gasteiger partial charge in [0.2, 0.25) is 0 Å². The van der Waals surface area contributed by atoms with Gasteiger partial charge >= 0.3 is 5.97 Å². The van der Waals surface area contributed by atoms with Crippen LogP contribution in [-0.2, 0) is 9.53 Å².